The number of rotatable bonds is 3. The molecule has 0 unspecified atom stereocenters. The number of aromatic nitrogens is 3. The van der Waals surface area contributed by atoms with Crippen molar-refractivity contribution in [2.75, 3.05) is 0 Å². The number of alkyl halides is 3. The van der Waals surface area contributed by atoms with Crippen LogP contribution in [0, 0.1) is 0 Å². The molecule has 0 N–H and O–H groups in total. The molecule has 0 spiro atoms. The summed E-state index contributed by atoms with van der Waals surface area (Å²) < 4.78 is 48.3. The molecule has 2 aromatic heterocycles. The van der Waals surface area contributed by atoms with E-state index < -0.39 is 46.3 Å². The van der Waals surface area contributed by atoms with Crippen molar-refractivity contribution in [3.05, 3.63) is 96.2 Å². The smallest absolute Gasteiger partial charge is 0.419 e. The number of hydrogen-bond acceptors (Lipinski definition) is 6. The first kappa shape index (κ1) is 22.4. The van der Waals surface area contributed by atoms with Crippen LogP contribution in [0.3, 0.4) is 0 Å². The first-order chi connectivity index (χ1) is 16.5. The highest BCUT2D eigenvalue weighted by Gasteiger charge is 2.38. The van der Waals surface area contributed by atoms with Crippen LogP contribution in [-0.2, 0) is 19.6 Å². The molecule has 0 fully saturated rings. The number of carbonyl (C=O) groups is 1. The van der Waals surface area contributed by atoms with E-state index in [-0.39, 0.29) is 35.2 Å². The zero-order valence-corrected chi connectivity index (χ0v) is 18.0. The lowest BCUT2D eigenvalue weighted by Crippen LogP contribution is -2.45. The van der Waals surface area contributed by atoms with Gasteiger partial charge in [0.05, 0.1) is 34.3 Å². The van der Waals surface area contributed by atoms with Crippen molar-refractivity contribution in [2.24, 2.45) is 7.05 Å². The number of benzene rings is 2. The molecule has 1 aliphatic rings. The lowest BCUT2D eigenvalue weighted by molar-refractivity contribution is -0.255. The standard InChI is InChI=1S/C23H16F3N3O6/c1-27-17-7-5-11(9-18(17)35-22(27)34)28-10-14(20(31)32)19(30)29(21(28)33)16-8-6-12-13(16)3-2-4-15(12)23(24,25)26/h2-5,7,9-10,16H,6,8H2,1H3,(H,31,32)/p-1/t16-/m1/s1. The van der Waals surface area contributed by atoms with E-state index in [1.165, 1.54) is 41.9 Å². The molecule has 0 saturated heterocycles. The monoisotopic (exact) mass is 486 g/mol. The Morgan fingerprint density at radius 1 is 1.14 bits per heavy atom. The molecule has 1 aliphatic carbocycles. The number of carbonyl (C=O) groups excluding carboxylic acids is 1. The summed E-state index contributed by atoms with van der Waals surface area (Å²) in [4.78, 5) is 50.0. The Labute approximate surface area is 192 Å². The number of fused-ring (bicyclic) bond motifs is 2. The Balaban J connectivity index is 1.76. The molecule has 2 aromatic carbocycles. The van der Waals surface area contributed by atoms with Gasteiger partial charge in [-0.25, -0.2) is 9.59 Å². The zero-order chi connectivity index (χ0) is 25.2. The molecule has 9 nitrogen and oxygen atoms in total. The summed E-state index contributed by atoms with van der Waals surface area (Å²) in [6.45, 7) is 0. The van der Waals surface area contributed by atoms with E-state index in [1.807, 2.05) is 0 Å². The average molecular weight is 486 g/mol. The molecule has 12 heteroatoms. The number of aromatic carboxylic acids is 1. The second-order valence-electron chi connectivity index (χ2n) is 8.16. The van der Waals surface area contributed by atoms with Crippen LogP contribution in [0.2, 0.25) is 0 Å². The SMILES string of the molecule is Cn1c(=O)oc2cc(-n3cc(C(=O)[O-])c(=O)n([C@@H]4CCc5c4cccc5C(F)(F)F)c3=O)ccc21. The number of hydrogen-bond donors (Lipinski definition) is 0. The number of oxazole rings is 1. The normalized spacial score (nSPS) is 15.5. The van der Waals surface area contributed by atoms with E-state index in [1.54, 1.807) is 0 Å². The van der Waals surface area contributed by atoms with Gasteiger partial charge in [-0.15, -0.1) is 0 Å². The minimum Gasteiger partial charge on any atom is -0.545 e. The van der Waals surface area contributed by atoms with Gasteiger partial charge in [-0.05, 0) is 42.2 Å². The molecule has 1 atom stereocenters. The molecule has 2 heterocycles. The second-order valence-corrected chi connectivity index (χ2v) is 8.16. The Kier molecular flexibility index (Phi) is 4.86. The Hall–Kier alpha value is -4.35. The van der Waals surface area contributed by atoms with Crippen molar-refractivity contribution in [1.29, 1.82) is 0 Å². The van der Waals surface area contributed by atoms with E-state index in [0.717, 1.165) is 16.8 Å². The molecule has 4 aromatic rings. The van der Waals surface area contributed by atoms with E-state index in [2.05, 4.69) is 0 Å². The molecule has 35 heavy (non-hydrogen) atoms. The predicted octanol–water partition coefficient (Wildman–Crippen LogP) is 1.36. The molecule has 0 saturated carbocycles. The van der Waals surface area contributed by atoms with Gasteiger partial charge in [0.25, 0.3) is 5.56 Å². The van der Waals surface area contributed by atoms with Crippen LogP contribution in [0.5, 0.6) is 0 Å². The molecule has 0 bridgehead atoms. The van der Waals surface area contributed by atoms with Gasteiger partial charge in [-0.3, -0.25) is 18.5 Å². The molecule has 0 amide bonds. The lowest BCUT2D eigenvalue weighted by atomic mass is 10.0. The van der Waals surface area contributed by atoms with Crippen LogP contribution in [0.25, 0.3) is 16.8 Å². The number of carboxylic acid groups (broad SMARTS) is 1. The van der Waals surface area contributed by atoms with Gasteiger partial charge in [-0.1, -0.05) is 12.1 Å². The first-order valence-corrected chi connectivity index (χ1v) is 10.4. The minimum absolute atomic E-state index is 0.0132. The fourth-order valence-electron chi connectivity index (χ4n) is 4.61. The summed E-state index contributed by atoms with van der Waals surface area (Å²) >= 11 is 0. The maximum Gasteiger partial charge on any atom is 0.419 e. The Morgan fingerprint density at radius 2 is 1.89 bits per heavy atom. The van der Waals surface area contributed by atoms with Crippen LogP contribution in [-0.4, -0.2) is 19.7 Å². The van der Waals surface area contributed by atoms with Crippen molar-refractivity contribution in [1.82, 2.24) is 13.7 Å². The molecular weight excluding hydrogens is 471 g/mol. The highest BCUT2D eigenvalue weighted by atomic mass is 19.4. The van der Waals surface area contributed by atoms with Crippen LogP contribution in [0.1, 0.15) is 39.5 Å². The Bertz CT molecular complexity index is 1710. The summed E-state index contributed by atoms with van der Waals surface area (Å²) in [6.07, 6.45) is -3.91. The van der Waals surface area contributed by atoms with E-state index >= 15 is 0 Å². The number of aryl methyl sites for hydroxylation is 1. The zero-order valence-electron chi connectivity index (χ0n) is 18.0. The number of nitrogens with zero attached hydrogens (tertiary/aromatic N) is 3. The molecule has 180 valence electrons. The van der Waals surface area contributed by atoms with E-state index in [4.69, 9.17) is 4.42 Å². The fraction of sp³-hybridized carbons (Fsp3) is 0.217. The third kappa shape index (κ3) is 3.40. The largest absolute Gasteiger partial charge is 0.545 e. The van der Waals surface area contributed by atoms with Gasteiger partial charge in [0.1, 0.15) is 0 Å². The number of carboxylic acids is 1. The third-order valence-corrected chi connectivity index (χ3v) is 6.25. The molecular formula is C23H15F3N3O6-. The highest BCUT2D eigenvalue weighted by molar-refractivity contribution is 5.85. The maximum absolute atomic E-state index is 13.5. The van der Waals surface area contributed by atoms with Crippen molar-refractivity contribution < 1.29 is 27.5 Å². The van der Waals surface area contributed by atoms with Gasteiger partial charge < -0.3 is 14.3 Å². The topological polar surface area (TPSA) is 119 Å². The van der Waals surface area contributed by atoms with Gasteiger partial charge in [-0.2, -0.15) is 13.2 Å². The van der Waals surface area contributed by atoms with Crippen LogP contribution in [0.15, 0.2) is 61.4 Å². The maximum atomic E-state index is 13.5. The van der Waals surface area contributed by atoms with Gasteiger partial charge >= 0.3 is 17.6 Å². The van der Waals surface area contributed by atoms with Crippen LogP contribution in [0.4, 0.5) is 13.2 Å². The van der Waals surface area contributed by atoms with Crippen LogP contribution >= 0.6 is 0 Å². The minimum atomic E-state index is -4.63. The summed E-state index contributed by atoms with van der Waals surface area (Å²) in [5, 5.41) is 11.7. The third-order valence-electron chi connectivity index (χ3n) is 6.25. The summed E-state index contributed by atoms with van der Waals surface area (Å²) in [5.74, 6) is -2.51. The lowest BCUT2D eigenvalue weighted by Gasteiger charge is -2.19. The van der Waals surface area contributed by atoms with Gasteiger partial charge in [0.2, 0.25) is 0 Å². The highest BCUT2D eigenvalue weighted by Crippen LogP contribution is 2.41. The van der Waals surface area contributed by atoms with E-state index in [9.17, 15) is 37.5 Å². The predicted molar refractivity (Wildman–Crippen MR) is 114 cm³/mol. The second kappa shape index (κ2) is 7.58. The Morgan fingerprint density at radius 3 is 2.57 bits per heavy atom. The first-order valence-electron chi connectivity index (χ1n) is 10.4. The van der Waals surface area contributed by atoms with Crippen LogP contribution < -0.4 is 22.1 Å². The van der Waals surface area contributed by atoms with E-state index in [0.29, 0.717) is 10.1 Å². The van der Waals surface area contributed by atoms with Crippen molar-refractivity contribution in [2.45, 2.75) is 25.1 Å². The molecule has 0 aliphatic heterocycles. The fourth-order valence-corrected chi connectivity index (χ4v) is 4.61. The van der Waals surface area contributed by atoms with Crippen molar-refractivity contribution in [3.8, 4) is 5.69 Å². The molecule has 5 rings (SSSR count). The summed E-state index contributed by atoms with van der Waals surface area (Å²) in [6, 6.07) is 6.56. The average Bonchev–Trinajstić information content (AvgIpc) is 3.33. The van der Waals surface area contributed by atoms with Gasteiger partial charge in [0, 0.05) is 19.3 Å². The van der Waals surface area contributed by atoms with Crippen molar-refractivity contribution >= 4 is 17.1 Å². The van der Waals surface area contributed by atoms with Gasteiger partial charge in [0.15, 0.2) is 5.58 Å². The summed E-state index contributed by atoms with van der Waals surface area (Å²) in [7, 11) is 1.47. The quantitative estimate of drug-likeness (QED) is 0.432. The number of halogens is 3. The van der Waals surface area contributed by atoms with Crippen molar-refractivity contribution in [3.63, 3.8) is 0 Å². The summed E-state index contributed by atoms with van der Waals surface area (Å²) in [5.41, 5.74) is -3.21. The molecule has 0 radical (unpaired) electrons.